The van der Waals surface area contributed by atoms with Gasteiger partial charge < -0.3 is 19.3 Å². The minimum atomic E-state index is -1.33. The zero-order chi connectivity index (χ0) is 17.0. The van der Waals surface area contributed by atoms with E-state index in [4.69, 9.17) is 25.8 Å². The second-order valence-electron chi connectivity index (χ2n) is 6.48. The minimum absolute atomic E-state index is 0.126. The second-order valence-corrected chi connectivity index (χ2v) is 7.74. The number of carbonyl (C=O) groups excluding carboxylic acids is 2. The fraction of sp³-hybridized carbons (Fsp3) is 0.857. The first-order valence-corrected chi connectivity index (χ1v) is 8.90. The van der Waals surface area contributed by atoms with Gasteiger partial charge in [-0.2, -0.15) is 0 Å². The summed E-state index contributed by atoms with van der Waals surface area (Å²) >= 11 is 8.82. The van der Waals surface area contributed by atoms with Gasteiger partial charge >= 0.3 is 6.09 Å². The predicted molar refractivity (Wildman–Crippen MR) is 83.7 cm³/mol. The summed E-state index contributed by atoms with van der Waals surface area (Å²) in [6.45, 7) is 4.15. The number of carbonyl (C=O) groups is 2. The molecule has 0 aromatic rings. The third kappa shape index (κ3) is 2.50. The van der Waals surface area contributed by atoms with Crippen molar-refractivity contribution in [2.24, 2.45) is 0 Å². The van der Waals surface area contributed by atoms with Gasteiger partial charge in [-0.3, -0.25) is 10.1 Å². The molecule has 2 heterocycles. The lowest BCUT2D eigenvalue weighted by Gasteiger charge is -2.47. The van der Waals surface area contributed by atoms with E-state index in [2.05, 4.69) is 15.9 Å². The van der Waals surface area contributed by atoms with E-state index in [0.29, 0.717) is 19.4 Å². The van der Waals surface area contributed by atoms with Crippen molar-refractivity contribution in [2.75, 3.05) is 12.5 Å². The Labute approximate surface area is 147 Å². The van der Waals surface area contributed by atoms with Crippen LogP contribution in [0.4, 0.5) is 4.79 Å². The molecular weight excluding hydrogens is 394 g/mol. The van der Waals surface area contributed by atoms with E-state index in [1.54, 1.807) is 0 Å². The fourth-order valence-corrected chi connectivity index (χ4v) is 4.89. The minimum Gasteiger partial charge on any atom is -0.445 e. The van der Waals surface area contributed by atoms with E-state index in [0.717, 1.165) is 0 Å². The topological polar surface area (TPSA) is 101 Å². The van der Waals surface area contributed by atoms with Crippen molar-refractivity contribution >= 4 is 39.5 Å². The van der Waals surface area contributed by atoms with Crippen LogP contribution in [0.3, 0.4) is 0 Å². The summed E-state index contributed by atoms with van der Waals surface area (Å²) in [5, 5.41) is 13.4. The van der Waals surface area contributed by atoms with Crippen LogP contribution in [0.15, 0.2) is 0 Å². The second kappa shape index (κ2) is 5.56. The monoisotopic (exact) mass is 411 g/mol. The number of rotatable bonds is 3. The molecule has 0 aromatic carbocycles. The van der Waals surface area contributed by atoms with Crippen LogP contribution in [-0.4, -0.2) is 63.4 Å². The van der Waals surface area contributed by atoms with Gasteiger partial charge in [-0.15, -0.1) is 11.6 Å². The predicted octanol–water partition coefficient (Wildman–Crippen LogP) is 1.08. The molecule has 1 spiro atoms. The highest BCUT2D eigenvalue weighted by atomic mass is 79.9. The molecule has 1 saturated carbocycles. The SMILES string of the molecule is CC1OC1(C)C1(O)C(Br)C(OC(=O)NC(=O)CCl)CCC12CO2. The zero-order valence-corrected chi connectivity index (χ0v) is 15.1. The largest absolute Gasteiger partial charge is 0.445 e. The molecule has 0 radical (unpaired) electrons. The van der Waals surface area contributed by atoms with Gasteiger partial charge in [0.15, 0.2) is 0 Å². The number of hydrogen-bond acceptors (Lipinski definition) is 6. The third-order valence-electron chi connectivity index (χ3n) is 5.26. The van der Waals surface area contributed by atoms with Crippen molar-refractivity contribution in [3.63, 3.8) is 0 Å². The van der Waals surface area contributed by atoms with Crippen LogP contribution in [0.5, 0.6) is 0 Å². The van der Waals surface area contributed by atoms with Crippen molar-refractivity contribution in [3.05, 3.63) is 0 Å². The Hall–Kier alpha value is -0.410. The lowest BCUT2D eigenvalue weighted by atomic mass is 9.66. The summed E-state index contributed by atoms with van der Waals surface area (Å²) in [7, 11) is 0. The Kier molecular flexibility index (Phi) is 4.21. The lowest BCUT2D eigenvalue weighted by Crippen LogP contribution is -2.68. The van der Waals surface area contributed by atoms with Gasteiger partial charge in [0.25, 0.3) is 0 Å². The molecule has 130 valence electrons. The Morgan fingerprint density at radius 2 is 2.13 bits per heavy atom. The highest BCUT2D eigenvalue weighted by Crippen LogP contribution is 2.62. The summed E-state index contributed by atoms with van der Waals surface area (Å²) in [5.41, 5.74) is -2.79. The van der Waals surface area contributed by atoms with Crippen LogP contribution in [0, 0.1) is 0 Å². The number of hydrogen-bond donors (Lipinski definition) is 2. The summed E-state index contributed by atoms with van der Waals surface area (Å²) in [6.07, 6.45) is -0.579. The van der Waals surface area contributed by atoms with Crippen LogP contribution in [-0.2, 0) is 19.0 Å². The van der Waals surface area contributed by atoms with Crippen molar-refractivity contribution < 1.29 is 28.9 Å². The molecule has 7 nitrogen and oxygen atoms in total. The summed E-state index contributed by atoms with van der Waals surface area (Å²) in [6, 6.07) is 0. The van der Waals surface area contributed by atoms with E-state index in [1.807, 2.05) is 19.2 Å². The first kappa shape index (κ1) is 17.4. The molecule has 23 heavy (non-hydrogen) atoms. The number of aliphatic hydroxyl groups is 1. The molecule has 3 rings (SSSR count). The van der Waals surface area contributed by atoms with Crippen molar-refractivity contribution in [2.45, 2.75) is 60.5 Å². The maximum absolute atomic E-state index is 11.8. The smallest absolute Gasteiger partial charge is 0.414 e. The lowest BCUT2D eigenvalue weighted by molar-refractivity contribution is -0.134. The first-order chi connectivity index (χ1) is 10.7. The molecule has 3 fully saturated rings. The van der Waals surface area contributed by atoms with Gasteiger partial charge in [-0.1, -0.05) is 15.9 Å². The van der Waals surface area contributed by atoms with Gasteiger partial charge in [0, 0.05) is 0 Å². The molecule has 2 aliphatic heterocycles. The van der Waals surface area contributed by atoms with Crippen molar-refractivity contribution in [3.8, 4) is 0 Å². The average Bonchev–Trinajstić information content (AvgIpc) is 3.39. The van der Waals surface area contributed by atoms with Gasteiger partial charge in [0.2, 0.25) is 5.91 Å². The van der Waals surface area contributed by atoms with Gasteiger partial charge in [0.05, 0.1) is 17.5 Å². The number of alkyl carbamates (subject to hydrolysis) is 1. The molecule has 0 bridgehead atoms. The Balaban J connectivity index is 1.75. The van der Waals surface area contributed by atoms with E-state index in [1.165, 1.54) is 0 Å². The Morgan fingerprint density at radius 1 is 1.52 bits per heavy atom. The van der Waals surface area contributed by atoms with Crippen LogP contribution >= 0.6 is 27.5 Å². The first-order valence-electron chi connectivity index (χ1n) is 7.45. The number of nitrogens with one attached hydrogen (secondary N) is 1. The molecule has 3 aliphatic rings. The summed E-state index contributed by atoms with van der Waals surface area (Å²) in [5.74, 6) is -0.969. The number of alkyl halides is 2. The summed E-state index contributed by atoms with van der Waals surface area (Å²) in [4.78, 5) is 22.3. The number of imide groups is 1. The maximum Gasteiger partial charge on any atom is 0.414 e. The standard InChI is InChI=1S/C14H19BrClNO6/c1-7-12(2,23-7)14(20)10(15)8(3-4-13(14)6-21-13)22-11(19)17-9(18)5-16/h7-8,10,20H,3-6H2,1-2H3,(H,17,18,19). The van der Waals surface area contributed by atoms with E-state index in [-0.39, 0.29) is 12.0 Å². The molecule has 2 N–H and O–H groups in total. The van der Waals surface area contributed by atoms with Gasteiger partial charge in [-0.05, 0) is 26.7 Å². The summed E-state index contributed by atoms with van der Waals surface area (Å²) < 4.78 is 16.5. The quantitative estimate of drug-likeness (QED) is 0.531. The molecule has 9 heteroatoms. The normalized spacial score (nSPS) is 48.0. The zero-order valence-electron chi connectivity index (χ0n) is 12.8. The number of amides is 2. The number of epoxide rings is 2. The number of halogens is 2. The van der Waals surface area contributed by atoms with Gasteiger partial charge in [-0.25, -0.2) is 4.79 Å². The van der Waals surface area contributed by atoms with E-state index >= 15 is 0 Å². The van der Waals surface area contributed by atoms with Gasteiger partial charge in [0.1, 0.15) is 28.8 Å². The van der Waals surface area contributed by atoms with Crippen LogP contribution in [0.25, 0.3) is 0 Å². The van der Waals surface area contributed by atoms with Crippen LogP contribution < -0.4 is 5.32 Å². The highest BCUT2D eigenvalue weighted by molar-refractivity contribution is 9.09. The van der Waals surface area contributed by atoms with E-state index < -0.39 is 39.7 Å². The van der Waals surface area contributed by atoms with Crippen molar-refractivity contribution in [1.82, 2.24) is 5.32 Å². The number of ether oxygens (including phenoxy) is 3. The van der Waals surface area contributed by atoms with Crippen LogP contribution in [0.2, 0.25) is 0 Å². The van der Waals surface area contributed by atoms with E-state index in [9.17, 15) is 14.7 Å². The molecule has 6 unspecified atom stereocenters. The molecule has 1 aliphatic carbocycles. The van der Waals surface area contributed by atoms with Crippen molar-refractivity contribution in [1.29, 1.82) is 0 Å². The highest BCUT2D eigenvalue weighted by Gasteiger charge is 2.80. The molecule has 6 atom stereocenters. The Morgan fingerprint density at radius 3 is 2.61 bits per heavy atom. The maximum atomic E-state index is 11.8. The third-order valence-corrected chi connectivity index (χ3v) is 6.76. The average molecular weight is 413 g/mol. The molecule has 2 saturated heterocycles. The molecular formula is C14H19BrClNO6. The molecule has 2 amide bonds. The van der Waals surface area contributed by atoms with Crippen LogP contribution in [0.1, 0.15) is 26.7 Å². The Bertz CT molecular complexity index is 539. The molecule has 0 aromatic heterocycles. The fourth-order valence-electron chi connectivity index (χ4n) is 3.58.